The second kappa shape index (κ2) is 6.13. The molecular weight excluding hydrogens is 314 g/mol. The zero-order valence-corrected chi connectivity index (χ0v) is 12.2. The third kappa shape index (κ3) is 3.19. The van der Waals surface area contributed by atoms with Crippen LogP contribution in [0.5, 0.6) is 0 Å². The summed E-state index contributed by atoms with van der Waals surface area (Å²) in [4.78, 5) is 12.7. The second-order valence-corrected chi connectivity index (χ2v) is 5.46. The molecule has 1 amide bonds. The lowest BCUT2D eigenvalue weighted by molar-refractivity contribution is 0.103. The second-order valence-electron chi connectivity index (χ2n) is 3.69. The van der Waals surface area contributed by atoms with Crippen LogP contribution in [0.2, 0.25) is 0 Å². The zero-order valence-electron chi connectivity index (χ0n) is 9.77. The van der Waals surface area contributed by atoms with Crippen LogP contribution in [0.1, 0.15) is 15.2 Å². The van der Waals surface area contributed by atoms with Gasteiger partial charge >= 0.3 is 0 Å². The predicted octanol–water partition coefficient (Wildman–Crippen LogP) is 3.91. The van der Waals surface area contributed by atoms with Gasteiger partial charge in [0.2, 0.25) is 0 Å². The number of nitrogens with one attached hydrogen (secondary N) is 1. The molecule has 1 aromatic heterocycles. The summed E-state index contributed by atoms with van der Waals surface area (Å²) in [7, 11) is 1.65. The SMILES string of the molecule is COCc1cccc(NC(=O)c2sccc2Br)c1. The van der Waals surface area contributed by atoms with E-state index in [1.54, 1.807) is 7.11 Å². The van der Waals surface area contributed by atoms with Crippen molar-refractivity contribution in [1.29, 1.82) is 0 Å². The van der Waals surface area contributed by atoms with Crippen LogP contribution in [0.15, 0.2) is 40.2 Å². The molecule has 94 valence electrons. The molecule has 0 saturated heterocycles. The van der Waals surface area contributed by atoms with E-state index in [2.05, 4.69) is 21.2 Å². The smallest absolute Gasteiger partial charge is 0.266 e. The Balaban J connectivity index is 2.12. The molecule has 5 heteroatoms. The number of anilines is 1. The normalized spacial score (nSPS) is 10.3. The number of thiophene rings is 1. The van der Waals surface area contributed by atoms with E-state index in [9.17, 15) is 4.79 Å². The fraction of sp³-hybridized carbons (Fsp3) is 0.154. The first-order valence-corrected chi connectivity index (χ1v) is 7.00. The van der Waals surface area contributed by atoms with Crippen molar-refractivity contribution in [2.45, 2.75) is 6.61 Å². The number of hydrogen-bond donors (Lipinski definition) is 1. The topological polar surface area (TPSA) is 38.3 Å². The van der Waals surface area contributed by atoms with Crippen LogP contribution in [0, 0.1) is 0 Å². The zero-order chi connectivity index (χ0) is 13.0. The van der Waals surface area contributed by atoms with Gasteiger partial charge in [-0.25, -0.2) is 0 Å². The van der Waals surface area contributed by atoms with Crippen LogP contribution >= 0.6 is 27.3 Å². The van der Waals surface area contributed by atoms with E-state index in [0.717, 1.165) is 15.7 Å². The molecule has 0 bridgehead atoms. The average Bonchev–Trinajstić information content (AvgIpc) is 2.76. The van der Waals surface area contributed by atoms with Gasteiger partial charge in [0.25, 0.3) is 5.91 Å². The van der Waals surface area contributed by atoms with Gasteiger partial charge in [-0.1, -0.05) is 12.1 Å². The van der Waals surface area contributed by atoms with E-state index in [-0.39, 0.29) is 5.91 Å². The summed E-state index contributed by atoms with van der Waals surface area (Å²) in [5, 5.41) is 4.75. The quantitative estimate of drug-likeness (QED) is 0.925. The van der Waals surface area contributed by atoms with Crippen LogP contribution in [0.4, 0.5) is 5.69 Å². The Hall–Kier alpha value is -1.17. The Kier molecular flexibility index (Phi) is 4.52. The molecule has 1 heterocycles. The number of methoxy groups -OCH3 is 1. The average molecular weight is 326 g/mol. The van der Waals surface area contributed by atoms with Crippen LogP contribution < -0.4 is 5.32 Å². The van der Waals surface area contributed by atoms with E-state index in [1.807, 2.05) is 35.7 Å². The van der Waals surface area contributed by atoms with Gasteiger partial charge in [0.1, 0.15) is 4.88 Å². The summed E-state index contributed by atoms with van der Waals surface area (Å²) in [5.74, 6) is -0.105. The van der Waals surface area contributed by atoms with Gasteiger partial charge in [-0.05, 0) is 45.1 Å². The van der Waals surface area contributed by atoms with Crippen molar-refractivity contribution in [2.75, 3.05) is 12.4 Å². The van der Waals surface area contributed by atoms with E-state index in [0.29, 0.717) is 11.5 Å². The number of carbonyl (C=O) groups excluding carboxylic acids is 1. The van der Waals surface area contributed by atoms with Crippen molar-refractivity contribution in [1.82, 2.24) is 0 Å². The molecular formula is C13H12BrNO2S. The minimum atomic E-state index is -0.105. The highest BCUT2D eigenvalue weighted by atomic mass is 79.9. The van der Waals surface area contributed by atoms with Crippen molar-refractivity contribution in [3.8, 4) is 0 Å². The van der Waals surface area contributed by atoms with Crippen LogP contribution in [-0.4, -0.2) is 13.0 Å². The fourth-order valence-electron chi connectivity index (χ4n) is 1.55. The molecule has 18 heavy (non-hydrogen) atoms. The van der Waals surface area contributed by atoms with E-state index in [4.69, 9.17) is 4.74 Å². The highest BCUT2D eigenvalue weighted by Crippen LogP contribution is 2.24. The molecule has 2 rings (SSSR count). The number of benzene rings is 1. The Bertz CT molecular complexity index is 553. The van der Waals surface area contributed by atoms with Crippen molar-refractivity contribution in [3.63, 3.8) is 0 Å². The van der Waals surface area contributed by atoms with Crippen LogP contribution in [-0.2, 0) is 11.3 Å². The molecule has 0 fully saturated rings. The van der Waals surface area contributed by atoms with Crippen molar-refractivity contribution in [2.24, 2.45) is 0 Å². The first-order chi connectivity index (χ1) is 8.70. The maximum Gasteiger partial charge on any atom is 0.266 e. The lowest BCUT2D eigenvalue weighted by Gasteiger charge is -2.06. The summed E-state index contributed by atoms with van der Waals surface area (Å²) >= 11 is 4.76. The van der Waals surface area contributed by atoms with Gasteiger partial charge in [0.15, 0.2) is 0 Å². The highest BCUT2D eigenvalue weighted by Gasteiger charge is 2.11. The molecule has 0 saturated carbocycles. The monoisotopic (exact) mass is 325 g/mol. The third-order valence-electron chi connectivity index (χ3n) is 2.32. The predicted molar refractivity (Wildman–Crippen MR) is 77.1 cm³/mol. The van der Waals surface area contributed by atoms with Crippen molar-refractivity contribution >= 4 is 38.9 Å². The molecule has 0 radical (unpaired) electrons. The first-order valence-electron chi connectivity index (χ1n) is 5.33. The molecule has 1 N–H and O–H groups in total. The number of amides is 1. The number of rotatable bonds is 4. The van der Waals surface area contributed by atoms with Crippen molar-refractivity contribution in [3.05, 3.63) is 50.6 Å². The minimum absolute atomic E-state index is 0.105. The van der Waals surface area contributed by atoms with Crippen LogP contribution in [0.3, 0.4) is 0 Å². The molecule has 3 nitrogen and oxygen atoms in total. The van der Waals surface area contributed by atoms with Gasteiger partial charge in [-0.15, -0.1) is 11.3 Å². The summed E-state index contributed by atoms with van der Waals surface area (Å²) in [6, 6.07) is 9.48. The first kappa shape index (κ1) is 13.3. The lowest BCUT2D eigenvalue weighted by atomic mass is 10.2. The van der Waals surface area contributed by atoms with Gasteiger partial charge in [-0.2, -0.15) is 0 Å². The van der Waals surface area contributed by atoms with E-state index < -0.39 is 0 Å². The summed E-state index contributed by atoms with van der Waals surface area (Å²) in [6.45, 7) is 0.534. The number of ether oxygens (including phenoxy) is 1. The molecule has 0 aliphatic heterocycles. The molecule has 0 atom stereocenters. The summed E-state index contributed by atoms with van der Waals surface area (Å²) < 4.78 is 5.88. The number of halogens is 1. The van der Waals surface area contributed by atoms with E-state index >= 15 is 0 Å². The van der Waals surface area contributed by atoms with E-state index in [1.165, 1.54) is 11.3 Å². The number of hydrogen-bond acceptors (Lipinski definition) is 3. The van der Waals surface area contributed by atoms with Gasteiger partial charge in [-0.3, -0.25) is 4.79 Å². The Morgan fingerprint density at radius 2 is 2.28 bits per heavy atom. The van der Waals surface area contributed by atoms with Gasteiger partial charge < -0.3 is 10.1 Å². The highest BCUT2D eigenvalue weighted by molar-refractivity contribution is 9.10. The lowest BCUT2D eigenvalue weighted by Crippen LogP contribution is -2.10. The molecule has 0 spiro atoms. The number of carbonyl (C=O) groups is 1. The van der Waals surface area contributed by atoms with Gasteiger partial charge in [0, 0.05) is 17.3 Å². The molecule has 0 unspecified atom stereocenters. The fourth-order valence-corrected chi connectivity index (χ4v) is 3.00. The molecule has 0 aliphatic rings. The maximum atomic E-state index is 12.0. The Morgan fingerprint density at radius 1 is 1.44 bits per heavy atom. The summed E-state index contributed by atoms with van der Waals surface area (Å²) in [5.41, 5.74) is 1.80. The Labute approximate surface area is 118 Å². The van der Waals surface area contributed by atoms with Gasteiger partial charge in [0.05, 0.1) is 6.61 Å². The standard InChI is InChI=1S/C13H12BrNO2S/c1-17-8-9-3-2-4-10(7-9)15-13(16)12-11(14)5-6-18-12/h2-7H,8H2,1H3,(H,15,16). The minimum Gasteiger partial charge on any atom is -0.380 e. The third-order valence-corrected chi connectivity index (χ3v) is 4.16. The summed E-state index contributed by atoms with van der Waals surface area (Å²) in [6.07, 6.45) is 0. The molecule has 1 aromatic carbocycles. The maximum absolute atomic E-state index is 12.0. The molecule has 2 aromatic rings. The van der Waals surface area contributed by atoms with Crippen molar-refractivity contribution < 1.29 is 9.53 Å². The van der Waals surface area contributed by atoms with Crippen LogP contribution in [0.25, 0.3) is 0 Å². The largest absolute Gasteiger partial charge is 0.380 e. The Morgan fingerprint density at radius 3 is 2.94 bits per heavy atom. The molecule has 0 aliphatic carbocycles.